The van der Waals surface area contributed by atoms with Crippen molar-refractivity contribution in [3.63, 3.8) is 0 Å². The molecule has 1 aliphatic rings. The highest BCUT2D eigenvalue weighted by atomic mass is 16.6. The van der Waals surface area contributed by atoms with Crippen molar-refractivity contribution in [3.8, 4) is 0 Å². The number of hydrogen-bond donors (Lipinski definition) is 1. The van der Waals surface area contributed by atoms with Crippen molar-refractivity contribution in [2.75, 3.05) is 39.5 Å². The van der Waals surface area contributed by atoms with Crippen LogP contribution in [-0.4, -0.2) is 68.2 Å². The van der Waals surface area contributed by atoms with E-state index in [4.69, 9.17) is 14.2 Å². The van der Waals surface area contributed by atoms with Gasteiger partial charge in [0.1, 0.15) is 5.60 Å². The van der Waals surface area contributed by atoms with Crippen LogP contribution in [0, 0.1) is 0 Å². The summed E-state index contributed by atoms with van der Waals surface area (Å²) in [5.41, 5.74) is -0.473. The summed E-state index contributed by atoms with van der Waals surface area (Å²) in [6.07, 6.45) is 2.87. The maximum absolute atomic E-state index is 12.4. The van der Waals surface area contributed by atoms with Gasteiger partial charge >= 0.3 is 6.09 Å². The van der Waals surface area contributed by atoms with E-state index in [1.165, 1.54) is 0 Å². The molecule has 1 heterocycles. The molecule has 0 saturated carbocycles. The van der Waals surface area contributed by atoms with Gasteiger partial charge in [-0.15, -0.1) is 0 Å². The van der Waals surface area contributed by atoms with Crippen LogP contribution < -0.4 is 5.32 Å². The van der Waals surface area contributed by atoms with E-state index in [2.05, 4.69) is 19.2 Å². The molecule has 0 aliphatic carbocycles. The van der Waals surface area contributed by atoms with Gasteiger partial charge in [0.05, 0.1) is 25.9 Å². The molecule has 24 heavy (non-hydrogen) atoms. The Kier molecular flexibility index (Phi) is 9.63. The normalized spacial score (nSPS) is 20.0. The van der Waals surface area contributed by atoms with Crippen molar-refractivity contribution in [3.05, 3.63) is 0 Å². The molecule has 0 bridgehead atoms. The highest BCUT2D eigenvalue weighted by Gasteiger charge is 2.31. The second kappa shape index (κ2) is 10.9. The molecule has 6 nitrogen and oxygen atoms in total. The smallest absolute Gasteiger partial charge is 0.410 e. The summed E-state index contributed by atoms with van der Waals surface area (Å²) in [6, 6.07) is 0.341. The number of ether oxygens (including phenoxy) is 3. The molecule has 1 saturated heterocycles. The monoisotopic (exact) mass is 344 g/mol. The molecule has 1 amide bonds. The number of hydrogen-bond acceptors (Lipinski definition) is 5. The largest absolute Gasteiger partial charge is 0.444 e. The number of morpholine rings is 1. The van der Waals surface area contributed by atoms with Crippen molar-refractivity contribution >= 4 is 6.09 Å². The lowest BCUT2D eigenvalue weighted by Crippen LogP contribution is -2.52. The lowest BCUT2D eigenvalue weighted by atomic mass is 10.1. The summed E-state index contributed by atoms with van der Waals surface area (Å²) in [5.74, 6) is 0. The van der Waals surface area contributed by atoms with Crippen molar-refractivity contribution in [2.24, 2.45) is 0 Å². The van der Waals surface area contributed by atoms with Crippen LogP contribution in [0.5, 0.6) is 0 Å². The Morgan fingerprint density at radius 1 is 1.38 bits per heavy atom. The third-order valence-electron chi connectivity index (χ3n) is 3.86. The molecule has 1 N–H and O–H groups in total. The Labute approximate surface area is 147 Å². The zero-order valence-corrected chi connectivity index (χ0v) is 16.1. The topological polar surface area (TPSA) is 60.0 Å². The number of unbranched alkanes of at least 4 members (excludes halogenated alkanes) is 1. The van der Waals surface area contributed by atoms with Gasteiger partial charge in [-0.3, -0.25) is 0 Å². The van der Waals surface area contributed by atoms with Crippen LogP contribution in [0.15, 0.2) is 0 Å². The van der Waals surface area contributed by atoms with Gasteiger partial charge in [0.15, 0.2) is 0 Å². The molecule has 0 aromatic heterocycles. The van der Waals surface area contributed by atoms with Crippen LogP contribution in [-0.2, 0) is 14.2 Å². The van der Waals surface area contributed by atoms with E-state index in [0.717, 1.165) is 39.0 Å². The molecule has 1 fully saturated rings. The lowest BCUT2D eigenvalue weighted by Gasteiger charge is -2.37. The predicted molar refractivity (Wildman–Crippen MR) is 95.4 cm³/mol. The van der Waals surface area contributed by atoms with E-state index in [0.29, 0.717) is 19.8 Å². The van der Waals surface area contributed by atoms with Gasteiger partial charge in [0, 0.05) is 25.7 Å². The first-order valence-corrected chi connectivity index (χ1v) is 9.22. The molecular formula is C18H36N2O4. The summed E-state index contributed by atoms with van der Waals surface area (Å²) in [4.78, 5) is 14.2. The van der Waals surface area contributed by atoms with Crippen LogP contribution in [0.1, 0.15) is 53.9 Å². The molecule has 2 unspecified atom stereocenters. The zero-order chi connectivity index (χ0) is 18.0. The Bertz CT molecular complexity index is 357. The first-order chi connectivity index (χ1) is 11.3. The van der Waals surface area contributed by atoms with Gasteiger partial charge in [-0.1, -0.05) is 13.3 Å². The minimum Gasteiger partial charge on any atom is -0.444 e. The molecule has 0 aromatic rings. The zero-order valence-electron chi connectivity index (χ0n) is 16.1. The van der Waals surface area contributed by atoms with Crippen molar-refractivity contribution < 1.29 is 19.0 Å². The Morgan fingerprint density at radius 2 is 2.12 bits per heavy atom. The Balaban J connectivity index is 2.35. The average molecular weight is 344 g/mol. The summed E-state index contributed by atoms with van der Waals surface area (Å²) < 4.78 is 16.6. The maximum atomic E-state index is 12.4. The SMILES string of the molecule is CCCCOCCNC(C)CC1COCCN1C(=O)OC(C)(C)C. The number of carbonyl (C=O) groups is 1. The highest BCUT2D eigenvalue weighted by Crippen LogP contribution is 2.17. The summed E-state index contributed by atoms with van der Waals surface area (Å²) in [5, 5.41) is 3.46. The van der Waals surface area contributed by atoms with Crippen LogP contribution in [0.4, 0.5) is 4.79 Å². The number of nitrogens with one attached hydrogen (secondary N) is 1. The first-order valence-electron chi connectivity index (χ1n) is 9.22. The maximum Gasteiger partial charge on any atom is 0.410 e. The standard InChI is InChI=1S/C18H36N2O4/c1-6-7-10-22-11-8-19-15(2)13-16-14-23-12-9-20(16)17(21)24-18(3,4)5/h15-16,19H,6-14H2,1-5H3. The third kappa shape index (κ3) is 8.85. The van der Waals surface area contributed by atoms with E-state index in [9.17, 15) is 4.79 Å². The molecule has 2 atom stereocenters. The van der Waals surface area contributed by atoms with Gasteiger partial charge in [0.25, 0.3) is 0 Å². The summed E-state index contributed by atoms with van der Waals surface area (Å²) in [7, 11) is 0. The molecule has 1 aliphatic heterocycles. The summed E-state index contributed by atoms with van der Waals surface area (Å²) in [6.45, 7) is 14.1. The molecule has 0 spiro atoms. The second-order valence-corrected chi connectivity index (χ2v) is 7.46. The second-order valence-electron chi connectivity index (χ2n) is 7.46. The number of carbonyl (C=O) groups excluding carboxylic acids is 1. The van der Waals surface area contributed by atoms with Crippen LogP contribution in [0.3, 0.4) is 0 Å². The Hall–Kier alpha value is -0.850. The lowest BCUT2D eigenvalue weighted by molar-refractivity contribution is -0.0356. The van der Waals surface area contributed by atoms with Gasteiger partial charge < -0.3 is 24.4 Å². The fourth-order valence-electron chi connectivity index (χ4n) is 2.63. The van der Waals surface area contributed by atoms with Gasteiger partial charge in [0.2, 0.25) is 0 Å². The minimum absolute atomic E-state index is 0.0529. The number of rotatable bonds is 9. The predicted octanol–water partition coefficient (Wildman–Crippen LogP) is 2.81. The van der Waals surface area contributed by atoms with Crippen molar-refractivity contribution in [2.45, 2.75) is 71.6 Å². The number of nitrogens with zero attached hydrogens (tertiary/aromatic N) is 1. The molecule has 142 valence electrons. The molecule has 0 radical (unpaired) electrons. The van der Waals surface area contributed by atoms with Crippen LogP contribution in [0.2, 0.25) is 0 Å². The fourth-order valence-corrected chi connectivity index (χ4v) is 2.63. The molecular weight excluding hydrogens is 308 g/mol. The Morgan fingerprint density at radius 3 is 2.79 bits per heavy atom. The highest BCUT2D eigenvalue weighted by molar-refractivity contribution is 5.68. The van der Waals surface area contributed by atoms with Gasteiger partial charge in [-0.2, -0.15) is 0 Å². The van der Waals surface area contributed by atoms with E-state index in [1.807, 2.05) is 25.7 Å². The molecule has 0 aromatic carbocycles. The van der Waals surface area contributed by atoms with Gasteiger partial charge in [-0.05, 0) is 40.5 Å². The van der Waals surface area contributed by atoms with E-state index in [1.54, 1.807) is 0 Å². The van der Waals surface area contributed by atoms with Gasteiger partial charge in [-0.25, -0.2) is 4.79 Å². The van der Waals surface area contributed by atoms with Crippen LogP contribution in [0.25, 0.3) is 0 Å². The third-order valence-corrected chi connectivity index (χ3v) is 3.86. The van der Waals surface area contributed by atoms with E-state index in [-0.39, 0.29) is 18.2 Å². The fraction of sp³-hybridized carbons (Fsp3) is 0.944. The van der Waals surface area contributed by atoms with Crippen molar-refractivity contribution in [1.29, 1.82) is 0 Å². The summed E-state index contributed by atoms with van der Waals surface area (Å²) >= 11 is 0. The minimum atomic E-state index is -0.473. The molecule has 6 heteroatoms. The molecule has 1 rings (SSSR count). The van der Waals surface area contributed by atoms with Crippen LogP contribution >= 0.6 is 0 Å². The van der Waals surface area contributed by atoms with Crippen molar-refractivity contribution in [1.82, 2.24) is 10.2 Å². The first kappa shape index (κ1) is 21.2. The van der Waals surface area contributed by atoms with E-state index >= 15 is 0 Å². The van der Waals surface area contributed by atoms with E-state index < -0.39 is 5.60 Å². The average Bonchev–Trinajstić information content (AvgIpc) is 2.49. The quantitative estimate of drug-likeness (QED) is 0.652. The number of amides is 1.